The Kier molecular flexibility index (Phi) is 6.77. The number of hydrogen-bond acceptors (Lipinski definition) is 6. The van der Waals surface area contributed by atoms with Crippen LogP contribution in [0, 0.1) is 11.3 Å². The molecule has 1 fully saturated rings. The molecule has 8 heteroatoms. The van der Waals surface area contributed by atoms with Gasteiger partial charge in [0.2, 0.25) is 0 Å². The number of rotatable bonds is 7. The zero-order valence-corrected chi connectivity index (χ0v) is 20.1. The third-order valence-electron chi connectivity index (χ3n) is 6.24. The lowest BCUT2D eigenvalue weighted by Gasteiger charge is -2.36. The van der Waals surface area contributed by atoms with Gasteiger partial charge in [-0.25, -0.2) is 4.98 Å². The first-order valence-corrected chi connectivity index (χ1v) is 12.5. The van der Waals surface area contributed by atoms with E-state index in [1.807, 2.05) is 59.2 Å². The molecule has 1 aliphatic heterocycles. The SMILES string of the molecule is N#Cc1ccc(Cn2cncc2CNc2ccc(N3CCN(C(=O)c4cccs4)CC3)cc2)cc1. The summed E-state index contributed by atoms with van der Waals surface area (Å²) < 4.78 is 2.11. The fraction of sp³-hybridized carbons (Fsp3) is 0.222. The van der Waals surface area contributed by atoms with Crippen molar-refractivity contribution >= 4 is 28.6 Å². The summed E-state index contributed by atoms with van der Waals surface area (Å²) in [6.45, 7) is 4.51. The molecule has 0 aliphatic carbocycles. The summed E-state index contributed by atoms with van der Waals surface area (Å²) in [5.74, 6) is 0.137. The van der Waals surface area contributed by atoms with Gasteiger partial charge in [0, 0.05) is 50.3 Å². The highest BCUT2D eigenvalue weighted by Gasteiger charge is 2.22. The lowest BCUT2D eigenvalue weighted by Crippen LogP contribution is -2.48. The number of anilines is 2. The average molecular weight is 483 g/mol. The van der Waals surface area contributed by atoms with Crippen molar-refractivity contribution < 1.29 is 4.79 Å². The molecule has 1 saturated heterocycles. The molecule has 0 radical (unpaired) electrons. The predicted octanol–water partition coefficient (Wildman–Crippen LogP) is 4.44. The number of benzene rings is 2. The van der Waals surface area contributed by atoms with Gasteiger partial charge in [0.25, 0.3) is 5.91 Å². The van der Waals surface area contributed by atoms with E-state index in [2.05, 4.69) is 50.1 Å². The Morgan fingerprint density at radius 1 is 1.03 bits per heavy atom. The Labute approximate surface area is 208 Å². The molecule has 0 atom stereocenters. The molecule has 2 aromatic heterocycles. The first-order chi connectivity index (χ1) is 17.2. The van der Waals surface area contributed by atoms with Crippen molar-refractivity contribution in [1.29, 1.82) is 5.26 Å². The summed E-state index contributed by atoms with van der Waals surface area (Å²) in [7, 11) is 0. The molecule has 0 unspecified atom stereocenters. The number of aromatic nitrogens is 2. The van der Waals surface area contributed by atoms with Crippen LogP contribution in [0.3, 0.4) is 0 Å². The van der Waals surface area contributed by atoms with Crippen LogP contribution in [-0.2, 0) is 13.1 Å². The highest BCUT2D eigenvalue weighted by Crippen LogP contribution is 2.21. The summed E-state index contributed by atoms with van der Waals surface area (Å²) in [5, 5.41) is 14.4. The molecule has 0 saturated carbocycles. The molecule has 0 spiro atoms. The maximum absolute atomic E-state index is 12.6. The number of carbonyl (C=O) groups is 1. The van der Waals surface area contributed by atoms with E-state index >= 15 is 0 Å². The Balaban J connectivity index is 1.13. The number of hydrogen-bond donors (Lipinski definition) is 1. The second-order valence-electron chi connectivity index (χ2n) is 8.48. The molecule has 7 nitrogen and oxygen atoms in total. The quantitative estimate of drug-likeness (QED) is 0.421. The van der Waals surface area contributed by atoms with E-state index < -0.39 is 0 Å². The maximum Gasteiger partial charge on any atom is 0.264 e. The Hall–Kier alpha value is -4.09. The van der Waals surface area contributed by atoms with Gasteiger partial charge in [0.15, 0.2) is 0 Å². The molecule has 4 aromatic rings. The highest BCUT2D eigenvalue weighted by molar-refractivity contribution is 7.12. The van der Waals surface area contributed by atoms with Gasteiger partial charge >= 0.3 is 0 Å². The van der Waals surface area contributed by atoms with Gasteiger partial charge in [-0.05, 0) is 53.4 Å². The van der Waals surface area contributed by atoms with Crippen molar-refractivity contribution in [1.82, 2.24) is 14.5 Å². The summed E-state index contributed by atoms with van der Waals surface area (Å²) in [6.07, 6.45) is 3.71. The van der Waals surface area contributed by atoms with E-state index in [0.717, 1.165) is 48.0 Å². The second kappa shape index (κ2) is 10.5. The van der Waals surface area contributed by atoms with Crippen LogP contribution in [0.25, 0.3) is 0 Å². The van der Waals surface area contributed by atoms with Crippen LogP contribution in [0.2, 0.25) is 0 Å². The Morgan fingerprint density at radius 2 is 1.80 bits per heavy atom. The van der Waals surface area contributed by atoms with Gasteiger partial charge in [-0.3, -0.25) is 4.79 Å². The van der Waals surface area contributed by atoms with Gasteiger partial charge in [-0.15, -0.1) is 11.3 Å². The van der Waals surface area contributed by atoms with E-state index in [-0.39, 0.29) is 5.91 Å². The zero-order valence-electron chi connectivity index (χ0n) is 19.3. The molecule has 0 bridgehead atoms. The minimum atomic E-state index is 0.137. The average Bonchev–Trinajstić information content (AvgIpc) is 3.61. The Morgan fingerprint density at radius 3 is 2.49 bits per heavy atom. The van der Waals surface area contributed by atoms with Crippen LogP contribution in [0.15, 0.2) is 78.6 Å². The second-order valence-corrected chi connectivity index (χ2v) is 9.43. The summed E-state index contributed by atoms with van der Waals surface area (Å²) in [4.78, 5) is 22.0. The van der Waals surface area contributed by atoms with E-state index in [0.29, 0.717) is 18.7 Å². The third-order valence-corrected chi connectivity index (χ3v) is 7.10. The summed E-state index contributed by atoms with van der Waals surface area (Å²) in [5.41, 5.74) is 5.10. The monoisotopic (exact) mass is 482 g/mol. The number of piperazine rings is 1. The molecule has 3 heterocycles. The Bertz CT molecular complexity index is 1300. The lowest BCUT2D eigenvalue weighted by atomic mass is 10.1. The van der Waals surface area contributed by atoms with Crippen molar-refractivity contribution in [2.75, 3.05) is 36.4 Å². The number of nitrogens with zero attached hydrogens (tertiary/aromatic N) is 5. The zero-order chi connectivity index (χ0) is 24.0. The van der Waals surface area contributed by atoms with E-state index in [9.17, 15) is 4.79 Å². The third kappa shape index (κ3) is 5.36. The van der Waals surface area contributed by atoms with Crippen LogP contribution in [0.4, 0.5) is 11.4 Å². The first-order valence-electron chi connectivity index (χ1n) is 11.6. The van der Waals surface area contributed by atoms with Gasteiger partial charge in [0.05, 0.1) is 35.1 Å². The van der Waals surface area contributed by atoms with E-state index in [1.165, 1.54) is 17.0 Å². The van der Waals surface area contributed by atoms with Crippen LogP contribution in [0.1, 0.15) is 26.5 Å². The minimum Gasteiger partial charge on any atom is -0.379 e. The smallest absolute Gasteiger partial charge is 0.264 e. The number of imidazole rings is 1. The van der Waals surface area contributed by atoms with Crippen LogP contribution >= 0.6 is 11.3 Å². The fourth-order valence-corrected chi connectivity index (χ4v) is 4.92. The van der Waals surface area contributed by atoms with Gasteiger partial charge in [0.1, 0.15) is 0 Å². The number of amides is 1. The summed E-state index contributed by atoms with van der Waals surface area (Å²) in [6, 6.07) is 22.1. The van der Waals surface area contributed by atoms with Crippen molar-refractivity contribution in [2.24, 2.45) is 0 Å². The molecule has 35 heavy (non-hydrogen) atoms. The number of nitriles is 1. The minimum absolute atomic E-state index is 0.137. The van der Waals surface area contributed by atoms with Crippen molar-refractivity contribution in [3.05, 3.63) is 100 Å². The topological polar surface area (TPSA) is 77.2 Å². The normalized spacial score (nSPS) is 13.5. The lowest BCUT2D eigenvalue weighted by molar-refractivity contribution is 0.0751. The number of carbonyl (C=O) groups excluding carboxylic acids is 1. The van der Waals surface area contributed by atoms with E-state index in [1.54, 1.807) is 0 Å². The van der Waals surface area contributed by atoms with Crippen LogP contribution in [-0.4, -0.2) is 46.5 Å². The standard InChI is InChI=1S/C27H26N6OS/c28-16-21-3-5-22(6-4-21)19-33-20-29-17-25(33)18-30-23-7-9-24(10-8-23)31-11-13-32(14-12-31)27(34)26-2-1-15-35-26/h1-10,15,17,20,30H,11-14,18-19H2. The molecular weight excluding hydrogens is 456 g/mol. The summed E-state index contributed by atoms with van der Waals surface area (Å²) >= 11 is 1.50. The van der Waals surface area contributed by atoms with E-state index in [4.69, 9.17) is 5.26 Å². The number of thiophene rings is 1. The largest absolute Gasteiger partial charge is 0.379 e. The molecule has 5 rings (SSSR count). The number of nitrogens with one attached hydrogen (secondary N) is 1. The molecule has 1 N–H and O–H groups in total. The van der Waals surface area contributed by atoms with Gasteiger partial charge < -0.3 is 19.7 Å². The van der Waals surface area contributed by atoms with Crippen molar-refractivity contribution in [2.45, 2.75) is 13.1 Å². The van der Waals surface area contributed by atoms with Crippen molar-refractivity contribution in [3.63, 3.8) is 0 Å². The molecule has 176 valence electrons. The predicted molar refractivity (Wildman–Crippen MR) is 139 cm³/mol. The van der Waals surface area contributed by atoms with Gasteiger partial charge in [-0.2, -0.15) is 5.26 Å². The first kappa shape index (κ1) is 22.7. The van der Waals surface area contributed by atoms with Crippen LogP contribution < -0.4 is 10.2 Å². The van der Waals surface area contributed by atoms with Crippen LogP contribution in [0.5, 0.6) is 0 Å². The van der Waals surface area contributed by atoms with Gasteiger partial charge in [-0.1, -0.05) is 18.2 Å². The molecular formula is C27H26N6OS. The highest BCUT2D eigenvalue weighted by atomic mass is 32.1. The van der Waals surface area contributed by atoms with Crippen molar-refractivity contribution in [3.8, 4) is 6.07 Å². The molecule has 1 amide bonds. The molecule has 1 aliphatic rings. The fourth-order valence-electron chi connectivity index (χ4n) is 4.23. The maximum atomic E-state index is 12.6. The molecule has 2 aromatic carbocycles.